The lowest BCUT2D eigenvalue weighted by Crippen LogP contribution is -2.12. The van der Waals surface area contributed by atoms with Crippen molar-refractivity contribution in [3.63, 3.8) is 0 Å². The third-order valence-corrected chi connectivity index (χ3v) is 4.76. The van der Waals surface area contributed by atoms with E-state index in [1.54, 1.807) is 0 Å². The summed E-state index contributed by atoms with van der Waals surface area (Å²) in [6.45, 7) is 9.09. The number of benzene rings is 1. The number of hydrogen-bond acceptors (Lipinski definition) is 5. The van der Waals surface area contributed by atoms with Crippen molar-refractivity contribution in [2.45, 2.75) is 59.3 Å². The Morgan fingerprint density at radius 1 is 1.32 bits per heavy atom. The SMILES string of the molecule is CCCc1nnc(NC(=O)CCCOc2ccc(C(C)C)c(C)c2)s1. The molecular weight excluding hydrogens is 334 g/mol. The van der Waals surface area contributed by atoms with Gasteiger partial charge in [-0.25, -0.2) is 0 Å². The minimum absolute atomic E-state index is 0.0471. The molecule has 136 valence electrons. The molecule has 2 aromatic rings. The molecule has 0 unspecified atom stereocenters. The molecule has 0 bridgehead atoms. The number of aromatic nitrogens is 2. The highest BCUT2D eigenvalue weighted by atomic mass is 32.1. The van der Waals surface area contributed by atoms with Gasteiger partial charge in [-0.3, -0.25) is 4.79 Å². The Labute approximate surface area is 153 Å². The lowest BCUT2D eigenvalue weighted by molar-refractivity contribution is -0.116. The van der Waals surface area contributed by atoms with Gasteiger partial charge in [0.05, 0.1) is 6.61 Å². The highest BCUT2D eigenvalue weighted by Crippen LogP contribution is 2.23. The topological polar surface area (TPSA) is 64.1 Å². The van der Waals surface area contributed by atoms with E-state index in [4.69, 9.17) is 4.74 Å². The smallest absolute Gasteiger partial charge is 0.226 e. The van der Waals surface area contributed by atoms with E-state index in [9.17, 15) is 4.79 Å². The first-order chi connectivity index (χ1) is 12.0. The molecule has 5 nitrogen and oxygen atoms in total. The number of amides is 1. The van der Waals surface area contributed by atoms with Gasteiger partial charge < -0.3 is 10.1 Å². The number of hydrogen-bond donors (Lipinski definition) is 1. The zero-order valence-electron chi connectivity index (χ0n) is 15.5. The van der Waals surface area contributed by atoms with Crippen LogP contribution >= 0.6 is 11.3 Å². The van der Waals surface area contributed by atoms with Crippen molar-refractivity contribution >= 4 is 22.4 Å². The highest BCUT2D eigenvalue weighted by molar-refractivity contribution is 7.15. The minimum atomic E-state index is -0.0471. The fourth-order valence-electron chi connectivity index (χ4n) is 2.61. The summed E-state index contributed by atoms with van der Waals surface area (Å²) in [6.07, 6.45) is 3.00. The average molecular weight is 362 g/mol. The first kappa shape index (κ1) is 19.4. The van der Waals surface area contributed by atoms with Crippen LogP contribution in [0.5, 0.6) is 5.75 Å². The Morgan fingerprint density at radius 2 is 2.12 bits per heavy atom. The van der Waals surface area contributed by atoms with Crippen LogP contribution in [-0.4, -0.2) is 22.7 Å². The summed E-state index contributed by atoms with van der Waals surface area (Å²) in [5.74, 6) is 1.32. The van der Waals surface area contributed by atoms with Gasteiger partial charge in [0.2, 0.25) is 11.0 Å². The standard InChI is InChI=1S/C19H27N3O2S/c1-5-7-18-21-22-19(25-18)20-17(23)8-6-11-24-15-9-10-16(13(2)3)14(4)12-15/h9-10,12-13H,5-8,11H2,1-4H3,(H,20,22,23). The van der Waals surface area contributed by atoms with Crippen LogP contribution < -0.4 is 10.1 Å². The molecule has 0 radical (unpaired) electrons. The Morgan fingerprint density at radius 3 is 2.80 bits per heavy atom. The summed E-state index contributed by atoms with van der Waals surface area (Å²) in [7, 11) is 0. The van der Waals surface area contributed by atoms with Gasteiger partial charge in [0.15, 0.2) is 0 Å². The molecule has 1 aromatic heterocycles. The quantitative estimate of drug-likeness (QED) is 0.656. The number of nitrogens with zero attached hydrogens (tertiary/aromatic N) is 2. The Bertz CT molecular complexity index is 698. The van der Waals surface area contributed by atoms with E-state index in [0.717, 1.165) is 23.6 Å². The van der Waals surface area contributed by atoms with E-state index in [-0.39, 0.29) is 5.91 Å². The lowest BCUT2D eigenvalue weighted by atomic mass is 9.98. The fraction of sp³-hybridized carbons (Fsp3) is 0.526. The van der Waals surface area contributed by atoms with E-state index < -0.39 is 0 Å². The van der Waals surface area contributed by atoms with Crippen molar-refractivity contribution in [1.29, 1.82) is 0 Å². The van der Waals surface area contributed by atoms with Crippen molar-refractivity contribution in [3.8, 4) is 5.75 Å². The molecule has 0 aliphatic heterocycles. The van der Waals surface area contributed by atoms with Crippen LogP contribution in [0.1, 0.15) is 62.1 Å². The van der Waals surface area contributed by atoms with Crippen molar-refractivity contribution in [2.75, 3.05) is 11.9 Å². The van der Waals surface area contributed by atoms with Gasteiger partial charge in [0, 0.05) is 12.8 Å². The molecule has 0 saturated carbocycles. The molecule has 0 fully saturated rings. The molecule has 0 aliphatic rings. The van der Waals surface area contributed by atoms with Crippen molar-refractivity contribution in [3.05, 3.63) is 34.3 Å². The second-order valence-electron chi connectivity index (χ2n) is 6.42. The van der Waals surface area contributed by atoms with Crippen LogP contribution in [0.15, 0.2) is 18.2 Å². The maximum Gasteiger partial charge on any atom is 0.226 e. The van der Waals surface area contributed by atoms with Crippen molar-refractivity contribution in [2.24, 2.45) is 0 Å². The number of carbonyl (C=O) groups excluding carboxylic acids is 1. The highest BCUT2D eigenvalue weighted by Gasteiger charge is 2.08. The average Bonchev–Trinajstić information content (AvgIpc) is 2.98. The summed E-state index contributed by atoms with van der Waals surface area (Å²) in [4.78, 5) is 11.9. The number of ether oxygens (including phenoxy) is 1. The van der Waals surface area contributed by atoms with Crippen molar-refractivity contribution < 1.29 is 9.53 Å². The first-order valence-corrected chi connectivity index (χ1v) is 9.66. The van der Waals surface area contributed by atoms with E-state index in [1.165, 1.54) is 22.5 Å². The Balaban J connectivity index is 1.71. The minimum Gasteiger partial charge on any atom is -0.494 e. The summed E-state index contributed by atoms with van der Waals surface area (Å²) in [5.41, 5.74) is 2.58. The van der Waals surface area contributed by atoms with E-state index in [1.807, 2.05) is 6.07 Å². The molecule has 1 aromatic carbocycles. The van der Waals surface area contributed by atoms with Crippen LogP contribution in [0, 0.1) is 6.92 Å². The maximum absolute atomic E-state index is 11.9. The normalized spacial score (nSPS) is 10.9. The zero-order valence-corrected chi connectivity index (χ0v) is 16.3. The van der Waals surface area contributed by atoms with Gasteiger partial charge >= 0.3 is 0 Å². The van der Waals surface area contributed by atoms with Gasteiger partial charge in [0.25, 0.3) is 0 Å². The molecule has 1 heterocycles. The van der Waals surface area contributed by atoms with E-state index in [0.29, 0.717) is 30.5 Å². The second kappa shape index (κ2) is 9.51. The zero-order chi connectivity index (χ0) is 18.2. The number of anilines is 1. The largest absolute Gasteiger partial charge is 0.494 e. The predicted octanol–water partition coefficient (Wildman–Crippen LogP) is 4.72. The number of nitrogens with one attached hydrogen (secondary N) is 1. The Hall–Kier alpha value is -1.95. The van der Waals surface area contributed by atoms with E-state index >= 15 is 0 Å². The molecular formula is C19H27N3O2S. The molecule has 0 aliphatic carbocycles. The molecule has 0 atom stereocenters. The van der Waals surface area contributed by atoms with Crippen LogP contribution in [0.3, 0.4) is 0 Å². The van der Waals surface area contributed by atoms with Crippen LogP contribution in [0.4, 0.5) is 5.13 Å². The van der Waals surface area contributed by atoms with Crippen molar-refractivity contribution in [1.82, 2.24) is 10.2 Å². The summed E-state index contributed by atoms with van der Waals surface area (Å²) in [5, 5.41) is 12.4. The molecule has 6 heteroatoms. The van der Waals surface area contributed by atoms with Gasteiger partial charge in [-0.15, -0.1) is 10.2 Å². The van der Waals surface area contributed by atoms with Gasteiger partial charge in [-0.05, 0) is 48.9 Å². The predicted molar refractivity (Wildman–Crippen MR) is 103 cm³/mol. The summed E-state index contributed by atoms with van der Waals surface area (Å²) < 4.78 is 5.75. The third kappa shape index (κ3) is 6.12. The monoisotopic (exact) mass is 361 g/mol. The first-order valence-electron chi connectivity index (χ1n) is 8.85. The molecule has 1 amide bonds. The van der Waals surface area contributed by atoms with Crippen LogP contribution in [0.2, 0.25) is 0 Å². The van der Waals surface area contributed by atoms with Gasteiger partial charge in [-0.1, -0.05) is 38.2 Å². The molecule has 0 spiro atoms. The van der Waals surface area contributed by atoms with Gasteiger partial charge in [0.1, 0.15) is 10.8 Å². The summed E-state index contributed by atoms with van der Waals surface area (Å²) >= 11 is 1.44. The van der Waals surface area contributed by atoms with Crippen LogP contribution in [0.25, 0.3) is 0 Å². The lowest BCUT2D eigenvalue weighted by Gasteiger charge is -2.12. The number of aryl methyl sites for hydroxylation is 2. The fourth-order valence-corrected chi connectivity index (χ4v) is 3.47. The maximum atomic E-state index is 11.9. The second-order valence-corrected chi connectivity index (χ2v) is 7.49. The molecule has 1 N–H and O–H groups in total. The molecule has 0 saturated heterocycles. The molecule has 25 heavy (non-hydrogen) atoms. The number of rotatable bonds is 9. The van der Waals surface area contributed by atoms with Gasteiger partial charge in [-0.2, -0.15) is 0 Å². The third-order valence-electron chi connectivity index (χ3n) is 3.86. The summed E-state index contributed by atoms with van der Waals surface area (Å²) in [6, 6.07) is 6.18. The number of carbonyl (C=O) groups is 1. The Kier molecular flexibility index (Phi) is 7.37. The molecule has 2 rings (SSSR count). The van der Waals surface area contributed by atoms with Crippen LogP contribution in [-0.2, 0) is 11.2 Å². The van der Waals surface area contributed by atoms with E-state index in [2.05, 4.69) is 55.3 Å².